The molecule has 1 heterocycles. The maximum atomic E-state index is 12.4. The standard InChI is InChI=1S/C21H20ClNO2/c1-13(2)15-7-9-16(10-8-15)23-21(24)20-12-11-19(25-20)17-5-4-6-18(22)14(17)3/h4-13H,1-3H3,(H,23,24). The molecule has 1 amide bonds. The van der Waals surface area contributed by atoms with E-state index >= 15 is 0 Å². The minimum Gasteiger partial charge on any atom is -0.451 e. The van der Waals surface area contributed by atoms with Crippen LogP contribution in [0.1, 0.15) is 41.4 Å². The summed E-state index contributed by atoms with van der Waals surface area (Å²) in [5.41, 5.74) is 3.78. The number of rotatable bonds is 4. The summed E-state index contributed by atoms with van der Waals surface area (Å²) in [6.45, 7) is 6.20. The van der Waals surface area contributed by atoms with E-state index in [2.05, 4.69) is 19.2 Å². The van der Waals surface area contributed by atoms with Crippen LogP contribution in [-0.4, -0.2) is 5.91 Å². The number of carbonyl (C=O) groups excluding carboxylic acids is 1. The average Bonchev–Trinajstić information content (AvgIpc) is 3.08. The number of carbonyl (C=O) groups is 1. The lowest BCUT2D eigenvalue weighted by Gasteiger charge is -2.07. The summed E-state index contributed by atoms with van der Waals surface area (Å²) >= 11 is 6.15. The van der Waals surface area contributed by atoms with Crippen LogP contribution < -0.4 is 5.32 Å². The lowest BCUT2D eigenvalue weighted by atomic mass is 10.0. The molecule has 25 heavy (non-hydrogen) atoms. The molecule has 0 spiro atoms. The van der Waals surface area contributed by atoms with Gasteiger partial charge in [0.05, 0.1) is 0 Å². The summed E-state index contributed by atoms with van der Waals surface area (Å²) in [5.74, 6) is 1.07. The third kappa shape index (κ3) is 3.77. The van der Waals surface area contributed by atoms with Gasteiger partial charge in [0, 0.05) is 16.3 Å². The van der Waals surface area contributed by atoms with Crippen LogP contribution in [0.5, 0.6) is 0 Å². The molecule has 0 saturated heterocycles. The molecule has 0 fully saturated rings. The molecule has 3 rings (SSSR count). The highest BCUT2D eigenvalue weighted by Crippen LogP contribution is 2.30. The summed E-state index contributed by atoms with van der Waals surface area (Å²) in [6.07, 6.45) is 0. The van der Waals surface area contributed by atoms with Crippen molar-refractivity contribution in [1.82, 2.24) is 0 Å². The minimum atomic E-state index is -0.275. The number of benzene rings is 2. The Morgan fingerprint density at radius 1 is 1.04 bits per heavy atom. The smallest absolute Gasteiger partial charge is 0.291 e. The highest BCUT2D eigenvalue weighted by Gasteiger charge is 2.14. The van der Waals surface area contributed by atoms with E-state index in [4.69, 9.17) is 16.0 Å². The summed E-state index contributed by atoms with van der Waals surface area (Å²) in [7, 11) is 0. The van der Waals surface area contributed by atoms with Crippen LogP contribution in [0.15, 0.2) is 59.0 Å². The zero-order valence-corrected chi connectivity index (χ0v) is 15.2. The van der Waals surface area contributed by atoms with Crippen molar-refractivity contribution in [2.75, 3.05) is 5.32 Å². The summed E-state index contributed by atoms with van der Waals surface area (Å²) in [6, 6.07) is 16.9. The highest BCUT2D eigenvalue weighted by atomic mass is 35.5. The number of hydrogen-bond acceptors (Lipinski definition) is 2. The second-order valence-corrected chi connectivity index (χ2v) is 6.71. The molecule has 4 heteroatoms. The van der Waals surface area contributed by atoms with Crippen LogP contribution in [0, 0.1) is 6.92 Å². The molecule has 1 aromatic heterocycles. The fourth-order valence-corrected chi connectivity index (χ4v) is 2.80. The van der Waals surface area contributed by atoms with E-state index in [0.29, 0.717) is 16.7 Å². The SMILES string of the molecule is Cc1c(Cl)cccc1-c1ccc(C(=O)Nc2ccc(C(C)C)cc2)o1. The fourth-order valence-electron chi connectivity index (χ4n) is 2.62. The zero-order valence-electron chi connectivity index (χ0n) is 14.5. The first-order chi connectivity index (χ1) is 12.0. The van der Waals surface area contributed by atoms with Gasteiger partial charge in [-0.15, -0.1) is 0 Å². The van der Waals surface area contributed by atoms with Crippen LogP contribution in [-0.2, 0) is 0 Å². The molecule has 0 aliphatic rings. The molecule has 0 aliphatic carbocycles. The summed E-state index contributed by atoms with van der Waals surface area (Å²) in [4.78, 5) is 12.4. The lowest BCUT2D eigenvalue weighted by Crippen LogP contribution is -2.10. The Labute approximate surface area is 152 Å². The van der Waals surface area contributed by atoms with Crippen LogP contribution >= 0.6 is 11.6 Å². The molecule has 128 valence electrons. The Morgan fingerprint density at radius 3 is 2.44 bits per heavy atom. The predicted octanol–water partition coefficient (Wildman–Crippen LogP) is 6.28. The highest BCUT2D eigenvalue weighted by molar-refractivity contribution is 6.31. The van der Waals surface area contributed by atoms with Crippen molar-refractivity contribution in [2.45, 2.75) is 26.7 Å². The largest absolute Gasteiger partial charge is 0.451 e. The Morgan fingerprint density at radius 2 is 1.76 bits per heavy atom. The fraction of sp³-hybridized carbons (Fsp3) is 0.190. The molecule has 3 nitrogen and oxygen atoms in total. The molecule has 0 aliphatic heterocycles. The number of hydrogen-bond donors (Lipinski definition) is 1. The quantitative estimate of drug-likeness (QED) is 0.599. The summed E-state index contributed by atoms with van der Waals surface area (Å²) < 4.78 is 5.73. The van der Waals surface area contributed by atoms with Gasteiger partial charge in [-0.05, 0) is 54.3 Å². The van der Waals surface area contributed by atoms with E-state index in [1.807, 2.05) is 49.4 Å². The normalized spacial score (nSPS) is 10.9. The van der Waals surface area contributed by atoms with Crippen molar-refractivity contribution < 1.29 is 9.21 Å². The van der Waals surface area contributed by atoms with Gasteiger partial charge in [-0.1, -0.05) is 49.7 Å². The number of nitrogens with one attached hydrogen (secondary N) is 1. The van der Waals surface area contributed by atoms with Gasteiger partial charge in [0.15, 0.2) is 5.76 Å². The molecule has 0 unspecified atom stereocenters. The van der Waals surface area contributed by atoms with Gasteiger partial charge in [0.2, 0.25) is 0 Å². The van der Waals surface area contributed by atoms with Crippen molar-refractivity contribution in [3.8, 4) is 11.3 Å². The first-order valence-electron chi connectivity index (χ1n) is 8.22. The van der Waals surface area contributed by atoms with E-state index in [9.17, 15) is 4.79 Å². The third-order valence-corrected chi connectivity index (χ3v) is 4.61. The topological polar surface area (TPSA) is 42.2 Å². The van der Waals surface area contributed by atoms with Crippen molar-refractivity contribution in [3.63, 3.8) is 0 Å². The van der Waals surface area contributed by atoms with Gasteiger partial charge in [0.1, 0.15) is 5.76 Å². The maximum Gasteiger partial charge on any atom is 0.291 e. The van der Waals surface area contributed by atoms with E-state index < -0.39 is 0 Å². The van der Waals surface area contributed by atoms with E-state index in [1.165, 1.54) is 5.56 Å². The van der Waals surface area contributed by atoms with Crippen LogP contribution in [0.3, 0.4) is 0 Å². The number of anilines is 1. The van der Waals surface area contributed by atoms with Gasteiger partial charge in [0.25, 0.3) is 5.91 Å². The number of amides is 1. The van der Waals surface area contributed by atoms with Gasteiger partial charge in [-0.3, -0.25) is 4.79 Å². The first-order valence-corrected chi connectivity index (χ1v) is 8.60. The Bertz CT molecular complexity index is 895. The second kappa shape index (κ2) is 7.16. The van der Waals surface area contributed by atoms with Crippen LogP contribution in [0.25, 0.3) is 11.3 Å². The average molecular weight is 354 g/mol. The minimum absolute atomic E-state index is 0.266. The van der Waals surface area contributed by atoms with E-state index in [-0.39, 0.29) is 11.7 Å². The Kier molecular flexibility index (Phi) is 4.95. The molecular formula is C21H20ClNO2. The van der Waals surface area contributed by atoms with Gasteiger partial charge >= 0.3 is 0 Å². The molecule has 0 atom stereocenters. The van der Waals surface area contributed by atoms with Gasteiger partial charge in [-0.2, -0.15) is 0 Å². The molecule has 2 aromatic carbocycles. The maximum absolute atomic E-state index is 12.4. The van der Waals surface area contributed by atoms with Crippen molar-refractivity contribution in [3.05, 3.63) is 76.5 Å². The predicted molar refractivity (Wildman–Crippen MR) is 102 cm³/mol. The first kappa shape index (κ1) is 17.3. The zero-order chi connectivity index (χ0) is 18.0. The van der Waals surface area contributed by atoms with Crippen molar-refractivity contribution >= 4 is 23.2 Å². The van der Waals surface area contributed by atoms with E-state index in [1.54, 1.807) is 12.1 Å². The summed E-state index contributed by atoms with van der Waals surface area (Å²) in [5, 5.41) is 3.53. The van der Waals surface area contributed by atoms with Crippen molar-refractivity contribution in [1.29, 1.82) is 0 Å². The molecular weight excluding hydrogens is 334 g/mol. The van der Waals surface area contributed by atoms with Gasteiger partial charge < -0.3 is 9.73 Å². The Hall–Kier alpha value is -2.52. The Balaban J connectivity index is 1.77. The molecule has 0 radical (unpaired) electrons. The van der Waals surface area contributed by atoms with Gasteiger partial charge in [-0.25, -0.2) is 0 Å². The molecule has 3 aromatic rings. The molecule has 0 bridgehead atoms. The molecule has 1 N–H and O–H groups in total. The molecule has 0 saturated carbocycles. The van der Waals surface area contributed by atoms with Crippen LogP contribution in [0.4, 0.5) is 5.69 Å². The number of furan rings is 1. The third-order valence-electron chi connectivity index (χ3n) is 4.20. The lowest BCUT2D eigenvalue weighted by molar-refractivity contribution is 0.0997. The second-order valence-electron chi connectivity index (χ2n) is 6.31. The van der Waals surface area contributed by atoms with Crippen LogP contribution in [0.2, 0.25) is 5.02 Å². The monoisotopic (exact) mass is 353 g/mol. The van der Waals surface area contributed by atoms with E-state index in [0.717, 1.165) is 16.8 Å². The van der Waals surface area contributed by atoms with Crippen molar-refractivity contribution in [2.24, 2.45) is 0 Å². The number of halogens is 1.